The Bertz CT molecular complexity index is 505. The average molecular weight is 284 g/mol. The molecule has 0 heterocycles. The minimum atomic E-state index is -1.15. The number of ether oxygens (including phenoxy) is 1. The Labute approximate surface area is 115 Å². The second kappa shape index (κ2) is 6.74. The number of aliphatic carboxylic acids is 1. The third-order valence-corrected chi connectivity index (χ3v) is 2.64. The fraction of sp³-hybridized carbons (Fsp3) is 0.385. The predicted octanol–water partition coefficient (Wildman–Crippen LogP) is 2.06. The van der Waals surface area contributed by atoms with Crippen molar-refractivity contribution < 1.29 is 23.8 Å². The maximum atomic E-state index is 13.5. The zero-order chi connectivity index (χ0) is 15.3. The Hall–Kier alpha value is -2.31. The van der Waals surface area contributed by atoms with E-state index >= 15 is 0 Å². The normalized spacial score (nSPS) is 11.8. The van der Waals surface area contributed by atoms with Crippen LogP contribution in [0.2, 0.25) is 0 Å². The van der Waals surface area contributed by atoms with E-state index in [1.165, 1.54) is 19.2 Å². The molecule has 1 aromatic rings. The average Bonchev–Trinajstić information content (AvgIpc) is 2.37. The molecule has 20 heavy (non-hydrogen) atoms. The molecule has 0 aromatic heterocycles. The van der Waals surface area contributed by atoms with Gasteiger partial charge in [-0.05, 0) is 18.1 Å². The Morgan fingerprint density at radius 3 is 2.50 bits per heavy atom. The number of halogens is 1. The first-order valence-corrected chi connectivity index (χ1v) is 5.99. The highest BCUT2D eigenvalue weighted by Gasteiger charge is 2.23. The maximum absolute atomic E-state index is 13.5. The number of hydrogen-bond acceptors (Lipinski definition) is 3. The van der Waals surface area contributed by atoms with Crippen LogP contribution in [0.5, 0.6) is 5.75 Å². The highest BCUT2D eigenvalue weighted by Crippen LogP contribution is 2.20. The second-order valence-corrected chi connectivity index (χ2v) is 4.50. The standard InChI is InChI=1S/C13H17FN2O4/c1-7(2)11(12(17)18)16-13(19)15-10-6-8(20-3)4-5-9(10)14/h4-7,11H,1-3H3,(H,17,18)(H2,15,16,19)/t11-/m1/s1. The number of carboxylic acids is 1. The molecule has 0 aliphatic heterocycles. The van der Waals surface area contributed by atoms with Gasteiger partial charge in [0.25, 0.3) is 0 Å². The molecule has 0 saturated heterocycles. The van der Waals surface area contributed by atoms with Crippen LogP contribution in [0.4, 0.5) is 14.9 Å². The van der Waals surface area contributed by atoms with Crippen molar-refractivity contribution >= 4 is 17.7 Å². The predicted molar refractivity (Wildman–Crippen MR) is 71.4 cm³/mol. The molecule has 6 nitrogen and oxygen atoms in total. The van der Waals surface area contributed by atoms with Gasteiger partial charge in [0.1, 0.15) is 17.6 Å². The van der Waals surface area contributed by atoms with Crippen molar-refractivity contribution in [3.8, 4) is 5.75 Å². The lowest BCUT2D eigenvalue weighted by Gasteiger charge is -2.18. The molecule has 0 bridgehead atoms. The molecule has 1 atom stereocenters. The highest BCUT2D eigenvalue weighted by molar-refractivity contribution is 5.92. The van der Waals surface area contributed by atoms with Crippen molar-refractivity contribution in [3.63, 3.8) is 0 Å². The minimum Gasteiger partial charge on any atom is -0.497 e. The minimum absolute atomic E-state index is 0.0882. The summed E-state index contributed by atoms with van der Waals surface area (Å²) in [6.07, 6.45) is 0. The Morgan fingerprint density at radius 2 is 2.00 bits per heavy atom. The molecule has 7 heteroatoms. The molecule has 0 spiro atoms. The number of carbonyl (C=O) groups is 2. The second-order valence-electron chi connectivity index (χ2n) is 4.50. The number of amides is 2. The van der Waals surface area contributed by atoms with Crippen molar-refractivity contribution in [1.29, 1.82) is 0 Å². The fourth-order valence-corrected chi connectivity index (χ4v) is 1.54. The van der Waals surface area contributed by atoms with Crippen molar-refractivity contribution in [2.45, 2.75) is 19.9 Å². The molecular formula is C13H17FN2O4. The van der Waals surface area contributed by atoms with E-state index in [0.717, 1.165) is 6.07 Å². The van der Waals surface area contributed by atoms with E-state index in [9.17, 15) is 14.0 Å². The van der Waals surface area contributed by atoms with E-state index in [0.29, 0.717) is 5.75 Å². The van der Waals surface area contributed by atoms with Gasteiger partial charge < -0.3 is 20.5 Å². The molecule has 1 aromatic carbocycles. The van der Waals surface area contributed by atoms with Crippen molar-refractivity contribution in [2.24, 2.45) is 5.92 Å². The van der Waals surface area contributed by atoms with Gasteiger partial charge in [0.2, 0.25) is 0 Å². The summed E-state index contributed by atoms with van der Waals surface area (Å²) < 4.78 is 18.4. The van der Waals surface area contributed by atoms with E-state index in [1.807, 2.05) is 0 Å². The molecule has 0 unspecified atom stereocenters. The van der Waals surface area contributed by atoms with E-state index in [1.54, 1.807) is 13.8 Å². The van der Waals surface area contributed by atoms with Crippen LogP contribution >= 0.6 is 0 Å². The lowest BCUT2D eigenvalue weighted by atomic mass is 10.1. The Balaban J connectivity index is 2.78. The first-order valence-electron chi connectivity index (χ1n) is 5.99. The summed E-state index contributed by atoms with van der Waals surface area (Å²) in [7, 11) is 1.41. The number of hydrogen-bond donors (Lipinski definition) is 3. The van der Waals surface area contributed by atoms with Gasteiger partial charge in [0.15, 0.2) is 0 Å². The molecule has 0 aliphatic rings. The number of rotatable bonds is 5. The molecule has 0 saturated carbocycles. The number of carbonyl (C=O) groups excluding carboxylic acids is 1. The molecule has 2 amide bonds. The van der Waals surface area contributed by atoms with Crippen molar-refractivity contribution in [2.75, 3.05) is 12.4 Å². The molecule has 0 aliphatic carbocycles. The maximum Gasteiger partial charge on any atom is 0.326 e. The highest BCUT2D eigenvalue weighted by atomic mass is 19.1. The molecule has 0 radical (unpaired) electrons. The van der Waals surface area contributed by atoms with Crippen LogP contribution < -0.4 is 15.4 Å². The van der Waals surface area contributed by atoms with Gasteiger partial charge in [-0.15, -0.1) is 0 Å². The van der Waals surface area contributed by atoms with Crippen LogP contribution in [0.1, 0.15) is 13.8 Å². The molecule has 110 valence electrons. The Kier molecular flexibility index (Phi) is 5.31. The lowest BCUT2D eigenvalue weighted by Crippen LogP contribution is -2.46. The summed E-state index contributed by atoms with van der Waals surface area (Å²) >= 11 is 0. The van der Waals surface area contributed by atoms with Gasteiger partial charge in [-0.25, -0.2) is 14.0 Å². The van der Waals surface area contributed by atoms with E-state index in [2.05, 4.69) is 10.6 Å². The van der Waals surface area contributed by atoms with Gasteiger partial charge >= 0.3 is 12.0 Å². The van der Waals surface area contributed by atoms with Crippen LogP contribution in [0.3, 0.4) is 0 Å². The van der Waals surface area contributed by atoms with Gasteiger partial charge in [-0.1, -0.05) is 13.8 Å². The number of benzene rings is 1. The fourth-order valence-electron chi connectivity index (χ4n) is 1.54. The van der Waals surface area contributed by atoms with Gasteiger partial charge in [0, 0.05) is 6.07 Å². The van der Waals surface area contributed by atoms with Gasteiger partial charge in [-0.3, -0.25) is 0 Å². The van der Waals surface area contributed by atoms with E-state index in [-0.39, 0.29) is 11.6 Å². The van der Waals surface area contributed by atoms with Gasteiger partial charge in [0.05, 0.1) is 12.8 Å². The molecule has 3 N–H and O–H groups in total. The number of carboxylic acid groups (broad SMARTS) is 1. The third kappa shape index (κ3) is 4.11. The smallest absolute Gasteiger partial charge is 0.326 e. The van der Waals surface area contributed by atoms with Crippen LogP contribution in [-0.2, 0) is 4.79 Å². The number of urea groups is 1. The summed E-state index contributed by atoms with van der Waals surface area (Å²) in [4.78, 5) is 22.7. The summed E-state index contributed by atoms with van der Waals surface area (Å²) in [5.74, 6) is -1.72. The monoisotopic (exact) mass is 284 g/mol. The molecule has 0 fully saturated rings. The van der Waals surface area contributed by atoms with E-state index in [4.69, 9.17) is 9.84 Å². The zero-order valence-corrected chi connectivity index (χ0v) is 11.4. The number of methoxy groups -OCH3 is 1. The quantitative estimate of drug-likeness (QED) is 0.772. The lowest BCUT2D eigenvalue weighted by molar-refractivity contribution is -0.140. The summed E-state index contributed by atoms with van der Waals surface area (Å²) in [5.41, 5.74) is -0.0882. The van der Waals surface area contributed by atoms with Crippen molar-refractivity contribution in [3.05, 3.63) is 24.0 Å². The largest absolute Gasteiger partial charge is 0.497 e. The topological polar surface area (TPSA) is 87.7 Å². The first-order chi connectivity index (χ1) is 9.35. The van der Waals surface area contributed by atoms with Crippen LogP contribution in [0, 0.1) is 11.7 Å². The van der Waals surface area contributed by atoms with Gasteiger partial charge in [-0.2, -0.15) is 0 Å². The van der Waals surface area contributed by atoms with Crippen molar-refractivity contribution in [1.82, 2.24) is 5.32 Å². The summed E-state index contributed by atoms with van der Waals surface area (Å²) in [5, 5.41) is 13.5. The molecular weight excluding hydrogens is 267 g/mol. The number of anilines is 1. The van der Waals surface area contributed by atoms with Crippen LogP contribution in [-0.4, -0.2) is 30.3 Å². The van der Waals surface area contributed by atoms with Crippen LogP contribution in [0.25, 0.3) is 0 Å². The Morgan fingerprint density at radius 1 is 1.35 bits per heavy atom. The summed E-state index contributed by atoms with van der Waals surface area (Å²) in [6.45, 7) is 3.32. The van der Waals surface area contributed by atoms with E-state index < -0.39 is 23.9 Å². The SMILES string of the molecule is COc1ccc(F)c(NC(=O)N[C@@H](C(=O)O)C(C)C)c1. The zero-order valence-electron chi connectivity index (χ0n) is 11.4. The molecule has 1 rings (SSSR count). The third-order valence-electron chi connectivity index (χ3n) is 2.64. The van der Waals surface area contributed by atoms with Crippen LogP contribution in [0.15, 0.2) is 18.2 Å². The summed E-state index contributed by atoms with van der Waals surface area (Å²) in [6, 6.07) is 2.01. The number of nitrogens with one attached hydrogen (secondary N) is 2. The first kappa shape index (κ1) is 15.7.